The number of anilines is 1. The van der Waals surface area contributed by atoms with Crippen LogP contribution in [-0.4, -0.2) is 37.3 Å². The Balaban J connectivity index is 1.92. The van der Waals surface area contributed by atoms with Gasteiger partial charge in [-0.3, -0.25) is 0 Å². The van der Waals surface area contributed by atoms with Crippen LogP contribution in [0.15, 0.2) is 23.2 Å². The maximum Gasteiger partial charge on any atom is 0.243 e. The van der Waals surface area contributed by atoms with Crippen molar-refractivity contribution in [2.75, 3.05) is 18.9 Å². The summed E-state index contributed by atoms with van der Waals surface area (Å²) in [5.41, 5.74) is 0. The van der Waals surface area contributed by atoms with Gasteiger partial charge in [-0.25, -0.2) is 13.4 Å². The molecule has 0 aromatic carbocycles. The number of hydrogen-bond acceptors (Lipinski definition) is 4. The molecule has 1 aliphatic heterocycles. The number of sulfonamides is 1. The topological polar surface area (TPSA) is 62.3 Å². The number of hydrogen-bond donors (Lipinski definition) is 1. The summed E-state index contributed by atoms with van der Waals surface area (Å²) in [6.07, 6.45) is 8.28. The molecule has 0 spiro atoms. The van der Waals surface area contributed by atoms with Gasteiger partial charge in [0.25, 0.3) is 0 Å². The van der Waals surface area contributed by atoms with Crippen LogP contribution in [0.3, 0.4) is 0 Å². The molecular weight excluding hydrogens is 286 g/mol. The molecule has 1 aromatic rings. The lowest BCUT2D eigenvalue weighted by molar-refractivity contribution is 0.129. The van der Waals surface area contributed by atoms with E-state index in [9.17, 15) is 8.42 Å². The molecule has 1 saturated carbocycles. The van der Waals surface area contributed by atoms with Crippen molar-refractivity contribution in [1.29, 1.82) is 0 Å². The highest BCUT2D eigenvalue weighted by molar-refractivity contribution is 7.89. The van der Waals surface area contributed by atoms with E-state index in [1.807, 2.05) is 0 Å². The maximum atomic E-state index is 13.0. The Morgan fingerprint density at radius 3 is 2.81 bits per heavy atom. The zero-order chi connectivity index (χ0) is 14.9. The monoisotopic (exact) mass is 309 g/mol. The Morgan fingerprint density at radius 2 is 2.00 bits per heavy atom. The van der Waals surface area contributed by atoms with Crippen LogP contribution < -0.4 is 5.32 Å². The van der Waals surface area contributed by atoms with Crippen LogP contribution in [0.2, 0.25) is 0 Å². The molecule has 2 aliphatic rings. The summed E-state index contributed by atoms with van der Waals surface area (Å²) in [7, 11) is -1.66. The second-order valence-electron chi connectivity index (χ2n) is 6.00. The van der Waals surface area contributed by atoms with Crippen molar-refractivity contribution < 1.29 is 8.42 Å². The Labute approximate surface area is 126 Å². The van der Waals surface area contributed by atoms with Gasteiger partial charge in [0.15, 0.2) is 0 Å². The van der Waals surface area contributed by atoms with E-state index in [0.29, 0.717) is 23.2 Å². The number of nitrogens with one attached hydrogen (secondary N) is 1. The van der Waals surface area contributed by atoms with Crippen LogP contribution in [0, 0.1) is 5.92 Å². The van der Waals surface area contributed by atoms with Crippen molar-refractivity contribution in [1.82, 2.24) is 9.29 Å². The predicted octanol–water partition coefficient (Wildman–Crippen LogP) is 2.47. The minimum absolute atomic E-state index is 0.198. The third-order valence-corrected chi connectivity index (χ3v) is 6.71. The first kappa shape index (κ1) is 14.8. The smallest absolute Gasteiger partial charge is 0.243 e. The highest BCUT2D eigenvalue weighted by atomic mass is 32.2. The van der Waals surface area contributed by atoms with Crippen molar-refractivity contribution in [3.63, 3.8) is 0 Å². The lowest BCUT2D eigenvalue weighted by Crippen LogP contribution is -2.49. The van der Waals surface area contributed by atoms with E-state index in [2.05, 4.69) is 10.3 Å². The highest BCUT2D eigenvalue weighted by Gasteiger charge is 2.39. The fraction of sp³-hybridized carbons (Fsp3) is 0.667. The van der Waals surface area contributed by atoms with E-state index in [-0.39, 0.29) is 6.04 Å². The molecule has 1 aromatic heterocycles. The Bertz CT molecular complexity index is 601. The van der Waals surface area contributed by atoms with Crippen LogP contribution in [0.4, 0.5) is 5.82 Å². The number of pyridine rings is 1. The van der Waals surface area contributed by atoms with E-state index in [1.54, 1.807) is 29.7 Å². The minimum Gasteiger partial charge on any atom is -0.373 e. The molecule has 1 N–H and O–H groups in total. The van der Waals surface area contributed by atoms with Gasteiger partial charge in [0, 0.05) is 31.9 Å². The number of piperidine rings is 1. The fourth-order valence-electron chi connectivity index (χ4n) is 3.72. The predicted molar refractivity (Wildman–Crippen MR) is 82.7 cm³/mol. The molecule has 6 heteroatoms. The average Bonchev–Trinajstić information content (AvgIpc) is 2.54. The molecule has 1 saturated heterocycles. The second-order valence-corrected chi connectivity index (χ2v) is 7.89. The van der Waals surface area contributed by atoms with E-state index in [0.717, 1.165) is 19.3 Å². The first-order valence-corrected chi connectivity index (χ1v) is 9.22. The van der Waals surface area contributed by atoms with Gasteiger partial charge in [0.1, 0.15) is 5.82 Å². The van der Waals surface area contributed by atoms with E-state index >= 15 is 0 Å². The van der Waals surface area contributed by atoms with Gasteiger partial charge in [0.2, 0.25) is 10.0 Å². The largest absolute Gasteiger partial charge is 0.373 e. The third kappa shape index (κ3) is 2.79. The lowest BCUT2D eigenvalue weighted by atomic mass is 9.79. The van der Waals surface area contributed by atoms with Crippen LogP contribution >= 0.6 is 0 Å². The van der Waals surface area contributed by atoms with E-state index in [4.69, 9.17) is 0 Å². The highest BCUT2D eigenvalue weighted by Crippen LogP contribution is 2.38. The zero-order valence-electron chi connectivity index (χ0n) is 12.5. The van der Waals surface area contributed by atoms with E-state index < -0.39 is 10.0 Å². The number of rotatable bonds is 3. The Kier molecular flexibility index (Phi) is 4.17. The van der Waals surface area contributed by atoms with Crippen LogP contribution in [0.5, 0.6) is 0 Å². The normalized spacial score (nSPS) is 27.1. The molecule has 116 valence electrons. The molecule has 5 nitrogen and oxygen atoms in total. The van der Waals surface area contributed by atoms with Crippen LogP contribution in [-0.2, 0) is 10.0 Å². The zero-order valence-corrected chi connectivity index (χ0v) is 13.3. The average molecular weight is 309 g/mol. The molecular formula is C15H23N3O2S. The summed E-state index contributed by atoms with van der Waals surface area (Å²) in [6, 6.07) is 3.42. The number of aromatic nitrogens is 1. The second kappa shape index (κ2) is 5.93. The molecule has 3 rings (SSSR count). The molecule has 0 radical (unpaired) electrons. The molecule has 0 bridgehead atoms. The fourth-order valence-corrected chi connectivity index (χ4v) is 5.49. The van der Waals surface area contributed by atoms with Gasteiger partial charge in [-0.15, -0.1) is 0 Å². The van der Waals surface area contributed by atoms with Gasteiger partial charge in [-0.2, -0.15) is 4.31 Å². The summed E-state index contributed by atoms with van der Waals surface area (Å²) in [5.74, 6) is 1.14. The maximum absolute atomic E-state index is 13.0. The number of nitrogens with zero attached hydrogens (tertiary/aromatic N) is 2. The summed E-state index contributed by atoms with van der Waals surface area (Å²) in [4.78, 5) is 4.46. The first-order valence-electron chi connectivity index (χ1n) is 7.78. The molecule has 2 fully saturated rings. The van der Waals surface area contributed by atoms with Crippen LogP contribution in [0.1, 0.15) is 38.5 Å². The van der Waals surface area contributed by atoms with Crippen molar-refractivity contribution in [2.45, 2.75) is 49.5 Å². The third-order valence-electron chi connectivity index (χ3n) is 4.79. The standard InChI is InChI=1S/C15H23N3O2S/c1-16-15-11-13(8-9-17-15)21(19,20)18-10-4-6-12-5-2-3-7-14(12)18/h8-9,11-12,14H,2-7,10H2,1H3,(H,16,17)/t12-,14-/m1/s1. The van der Waals surface area contributed by atoms with Gasteiger partial charge >= 0.3 is 0 Å². The Hall–Kier alpha value is -1.14. The molecule has 1 aliphatic carbocycles. The summed E-state index contributed by atoms with van der Waals surface area (Å²) in [6.45, 7) is 0.653. The van der Waals surface area contributed by atoms with Crippen molar-refractivity contribution in [3.05, 3.63) is 18.3 Å². The lowest BCUT2D eigenvalue weighted by Gasteiger charge is -2.43. The number of fused-ring (bicyclic) bond motifs is 1. The summed E-state index contributed by atoms with van der Waals surface area (Å²) >= 11 is 0. The molecule has 2 heterocycles. The molecule has 2 atom stereocenters. The quantitative estimate of drug-likeness (QED) is 0.931. The summed E-state index contributed by atoms with van der Waals surface area (Å²) in [5, 5.41) is 2.90. The molecule has 0 amide bonds. The minimum atomic E-state index is -3.41. The van der Waals surface area contributed by atoms with Gasteiger partial charge in [-0.05, 0) is 37.7 Å². The van der Waals surface area contributed by atoms with Gasteiger partial charge in [-0.1, -0.05) is 12.8 Å². The summed E-state index contributed by atoms with van der Waals surface area (Å²) < 4.78 is 27.7. The first-order chi connectivity index (χ1) is 10.1. The molecule has 21 heavy (non-hydrogen) atoms. The van der Waals surface area contributed by atoms with E-state index in [1.165, 1.54) is 19.3 Å². The molecule has 0 unspecified atom stereocenters. The van der Waals surface area contributed by atoms with Crippen molar-refractivity contribution >= 4 is 15.8 Å². The van der Waals surface area contributed by atoms with Gasteiger partial charge in [0.05, 0.1) is 4.90 Å². The van der Waals surface area contributed by atoms with Crippen molar-refractivity contribution in [3.8, 4) is 0 Å². The van der Waals surface area contributed by atoms with Gasteiger partial charge < -0.3 is 5.32 Å². The van der Waals surface area contributed by atoms with Crippen LogP contribution in [0.25, 0.3) is 0 Å². The SMILES string of the molecule is CNc1cc(S(=O)(=O)N2CCC[C@H]3CCCC[C@H]32)ccn1. The Morgan fingerprint density at radius 1 is 1.24 bits per heavy atom. The van der Waals surface area contributed by atoms with Crippen molar-refractivity contribution in [2.24, 2.45) is 5.92 Å².